The lowest BCUT2D eigenvalue weighted by molar-refractivity contribution is 0.208. The minimum Gasteiger partial charge on any atom is -0.392 e. The fourth-order valence-corrected chi connectivity index (χ4v) is 9.61. The van der Waals surface area contributed by atoms with E-state index in [4.69, 9.17) is 30.4 Å². The highest BCUT2D eigenvalue weighted by Gasteiger charge is 2.49. The molecule has 5 aromatic heterocycles. The quantitative estimate of drug-likeness (QED) is 0.218. The van der Waals surface area contributed by atoms with Gasteiger partial charge in [-0.15, -0.1) is 11.3 Å². The van der Waals surface area contributed by atoms with E-state index in [0.29, 0.717) is 51.8 Å². The number of aliphatic hydroxyl groups excluding tert-OH is 1. The molecule has 1 fully saturated rings. The molecule has 1 saturated heterocycles. The largest absolute Gasteiger partial charge is 0.392 e. The highest BCUT2D eigenvalue weighted by molar-refractivity contribution is 7.16. The summed E-state index contributed by atoms with van der Waals surface area (Å²) in [5.74, 6) is 1.82. The summed E-state index contributed by atoms with van der Waals surface area (Å²) in [6, 6.07) is 4.67. The van der Waals surface area contributed by atoms with Gasteiger partial charge in [0.1, 0.15) is 28.3 Å². The van der Waals surface area contributed by atoms with Crippen LogP contribution in [0.3, 0.4) is 0 Å². The number of likely N-dealkylation sites (tertiary alicyclic amines) is 1. The van der Waals surface area contributed by atoms with E-state index in [0.717, 1.165) is 85.9 Å². The Balaban J connectivity index is 1.34. The molecule has 0 radical (unpaired) electrons. The smallest absolute Gasteiger partial charge is 0.186 e. The van der Waals surface area contributed by atoms with E-state index in [1.165, 1.54) is 16.2 Å². The Bertz CT molecular complexity index is 2060. The lowest BCUT2D eigenvalue weighted by Gasteiger charge is -2.39. The zero-order chi connectivity index (χ0) is 33.3. The van der Waals surface area contributed by atoms with Crippen LogP contribution in [-0.4, -0.2) is 77.0 Å². The van der Waals surface area contributed by atoms with Crippen molar-refractivity contribution < 1.29 is 9.63 Å². The summed E-state index contributed by atoms with van der Waals surface area (Å²) in [7, 11) is 4.06. The number of anilines is 2. The van der Waals surface area contributed by atoms with Gasteiger partial charge in [-0.1, -0.05) is 5.16 Å². The van der Waals surface area contributed by atoms with E-state index in [-0.39, 0.29) is 6.04 Å². The van der Waals surface area contributed by atoms with Gasteiger partial charge in [-0.25, -0.2) is 14.6 Å². The number of rotatable bonds is 7. The standard InChI is InChI=1S/C34H41N11O2S/c1-18(46)17-37-31-25-28(22-11-15-44(4)40-22)41-45(19(2)23-9-7-14-43(23)3)33(25)39-32(38-31)27-20-8-5-12-34(29(20)47-42-27)13-6-10-24-26(34)21(16-35)30(36)48-24/h11,15,18-19,23,46H,5-10,12-14,17,36H2,1-4H3,(H,37,38,39). The minimum atomic E-state index is -0.606. The Labute approximate surface area is 282 Å². The van der Waals surface area contributed by atoms with Crippen molar-refractivity contribution in [2.45, 2.75) is 88.8 Å². The molecule has 0 amide bonds. The van der Waals surface area contributed by atoms with Gasteiger partial charge >= 0.3 is 0 Å². The number of aryl methyl sites for hydroxylation is 2. The molecule has 0 saturated carbocycles. The predicted molar refractivity (Wildman–Crippen MR) is 184 cm³/mol. The molecule has 48 heavy (non-hydrogen) atoms. The number of nitrogens with zero attached hydrogens (tertiary/aromatic N) is 9. The maximum atomic E-state index is 10.3. The molecule has 4 unspecified atom stereocenters. The molecule has 3 aliphatic rings. The van der Waals surface area contributed by atoms with E-state index < -0.39 is 11.5 Å². The molecule has 4 atom stereocenters. The van der Waals surface area contributed by atoms with Gasteiger partial charge in [-0.3, -0.25) is 4.68 Å². The molecule has 5 aromatic rings. The number of hydrogen-bond acceptors (Lipinski definition) is 12. The average Bonchev–Trinajstić information content (AvgIpc) is 3.90. The normalized spacial score (nSPS) is 22.1. The van der Waals surface area contributed by atoms with Gasteiger partial charge < -0.3 is 25.6 Å². The van der Waals surface area contributed by atoms with Gasteiger partial charge in [-0.05, 0) is 90.4 Å². The van der Waals surface area contributed by atoms with Crippen LogP contribution in [-0.2, 0) is 25.3 Å². The SMILES string of the molecule is CC(O)CNc1nc(-c2noc3c2CCCC32CCCc3sc(N)c(C#N)c32)nc2c1c(-c1ccn(C)n1)nn2C(C)C1CCCN1C. The first-order chi connectivity index (χ1) is 23.2. The summed E-state index contributed by atoms with van der Waals surface area (Å²) < 4.78 is 10.1. The highest BCUT2D eigenvalue weighted by Crippen LogP contribution is 2.55. The van der Waals surface area contributed by atoms with E-state index in [2.05, 4.69) is 35.4 Å². The van der Waals surface area contributed by atoms with Crippen molar-refractivity contribution in [3.8, 4) is 29.0 Å². The van der Waals surface area contributed by atoms with Crippen molar-refractivity contribution in [1.82, 2.24) is 39.6 Å². The molecular weight excluding hydrogens is 627 g/mol. The topological polar surface area (TPSA) is 173 Å². The first-order valence-electron chi connectivity index (χ1n) is 16.9. The van der Waals surface area contributed by atoms with Crippen LogP contribution in [0.2, 0.25) is 0 Å². The number of thiophene rings is 1. The van der Waals surface area contributed by atoms with Crippen molar-refractivity contribution in [2.75, 3.05) is 31.2 Å². The number of aromatic nitrogens is 7. The van der Waals surface area contributed by atoms with Crippen LogP contribution >= 0.6 is 11.3 Å². The van der Waals surface area contributed by atoms with Crippen molar-refractivity contribution in [2.24, 2.45) is 7.05 Å². The number of aliphatic hydroxyl groups is 1. The van der Waals surface area contributed by atoms with Crippen LogP contribution in [0.5, 0.6) is 0 Å². The highest BCUT2D eigenvalue weighted by atomic mass is 32.1. The molecule has 14 heteroatoms. The third-order valence-corrected chi connectivity index (χ3v) is 11.7. The third-order valence-electron chi connectivity index (χ3n) is 10.7. The van der Waals surface area contributed by atoms with Gasteiger partial charge in [0.05, 0.1) is 28.5 Å². The van der Waals surface area contributed by atoms with Crippen molar-refractivity contribution in [3.05, 3.63) is 39.6 Å². The zero-order valence-electron chi connectivity index (χ0n) is 27.8. The first-order valence-corrected chi connectivity index (χ1v) is 17.8. The predicted octanol–water partition coefficient (Wildman–Crippen LogP) is 4.80. The molecule has 0 bridgehead atoms. The summed E-state index contributed by atoms with van der Waals surface area (Å²) in [6.45, 7) is 5.28. The number of fused-ring (bicyclic) bond motifs is 5. The summed E-state index contributed by atoms with van der Waals surface area (Å²) >= 11 is 1.53. The number of hydrogen-bond donors (Lipinski definition) is 3. The van der Waals surface area contributed by atoms with E-state index >= 15 is 0 Å². The van der Waals surface area contributed by atoms with Crippen LogP contribution in [0.15, 0.2) is 16.8 Å². The number of nitrogens with two attached hydrogens (primary N) is 1. The van der Waals surface area contributed by atoms with E-state index in [9.17, 15) is 10.4 Å². The molecular formula is C34H41N11O2S. The van der Waals surface area contributed by atoms with Crippen molar-refractivity contribution >= 4 is 33.2 Å². The second-order valence-corrected chi connectivity index (χ2v) is 14.9. The second-order valence-electron chi connectivity index (χ2n) is 13.8. The van der Waals surface area contributed by atoms with Gasteiger partial charge in [0.25, 0.3) is 0 Å². The maximum Gasteiger partial charge on any atom is 0.186 e. The van der Waals surface area contributed by atoms with Gasteiger partial charge in [-0.2, -0.15) is 15.5 Å². The molecule has 1 spiro atoms. The molecule has 4 N–H and O–H groups in total. The van der Waals surface area contributed by atoms with E-state index in [1.807, 2.05) is 24.0 Å². The van der Waals surface area contributed by atoms with Crippen LogP contribution in [0, 0.1) is 11.3 Å². The fraction of sp³-hybridized carbons (Fsp3) is 0.529. The number of likely N-dealkylation sites (N-methyl/N-ethyl adjacent to an activating group) is 1. The van der Waals surface area contributed by atoms with Gasteiger partial charge in [0.2, 0.25) is 0 Å². The monoisotopic (exact) mass is 667 g/mol. The van der Waals surface area contributed by atoms with E-state index in [1.54, 1.807) is 11.6 Å². The summed E-state index contributed by atoms with van der Waals surface area (Å²) in [5.41, 5.74) is 11.2. The lowest BCUT2D eigenvalue weighted by atomic mass is 9.63. The molecule has 250 valence electrons. The molecule has 2 aliphatic carbocycles. The van der Waals surface area contributed by atoms with Crippen LogP contribution in [0.4, 0.5) is 10.8 Å². The van der Waals surface area contributed by atoms with Crippen molar-refractivity contribution in [1.29, 1.82) is 5.26 Å². The van der Waals surface area contributed by atoms with Crippen LogP contribution in [0.25, 0.3) is 33.9 Å². The number of nitriles is 1. The lowest BCUT2D eigenvalue weighted by Crippen LogP contribution is -2.35. The molecule has 6 heterocycles. The van der Waals surface area contributed by atoms with Crippen LogP contribution in [0.1, 0.15) is 85.7 Å². The number of nitrogen functional groups attached to an aromatic ring is 1. The zero-order valence-corrected chi connectivity index (χ0v) is 28.6. The summed E-state index contributed by atoms with van der Waals surface area (Å²) in [4.78, 5) is 13.9. The van der Waals surface area contributed by atoms with Gasteiger partial charge in [0.15, 0.2) is 22.9 Å². The average molecular weight is 668 g/mol. The fourth-order valence-electron chi connectivity index (χ4n) is 8.45. The minimum absolute atomic E-state index is 0.0217. The van der Waals surface area contributed by atoms with Crippen molar-refractivity contribution in [3.63, 3.8) is 0 Å². The Kier molecular flexibility index (Phi) is 7.54. The maximum absolute atomic E-state index is 10.3. The second kappa shape index (κ2) is 11.7. The van der Waals surface area contributed by atoms with Crippen LogP contribution < -0.4 is 11.1 Å². The summed E-state index contributed by atoms with van der Waals surface area (Å²) in [6.07, 6.45) is 8.85. The van der Waals surface area contributed by atoms with Gasteiger partial charge in [0, 0.05) is 36.3 Å². The Morgan fingerprint density at radius 3 is 2.69 bits per heavy atom. The molecule has 13 nitrogen and oxygen atoms in total. The third kappa shape index (κ3) is 4.74. The Morgan fingerprint density at radius 1 is 1.17 bits per heavy atom. The molecule has 8 rings (SSSR count). The summed E-state index contributed by atoms with van der Waals surface area (Å²) in [5, 5.41) is 39.8. The number of nitrogens with one attached hydrogen (secondary N) is 1. The Hall–Kier alpha value is -4.32. The first kappa shape index (κ1) is 31.0. The molecule has 0 aromatic carbocycles. The Morgan fingerprint density at radius 2 is 1.98 bits per heavy atom. The molecule has 1 aliphatic heterocycles.